The molecule has 1 aliphatic rings. The van der Waals surface area contributed by atoms with E-state index in [0.29, 0.717) is 22.9 Å². The van der Waals surface area contributed by atoms with Gasteiger partial charge in [0.2, 0.25) is 12.7 Å². The summed E-state index contributed by atoms with van der Waals surface area (Å²) in [4.78, 5) is 23.8. The Morgan fingerprint density at radius 3 is 2.89 bits per heavy atom. The van der Waals surface area contributed by atoms with Crippen LogP contribution in [0.15, 0.2) is 50.7 Å². The minimum atomic E-state index is -0.665. The predicted molar refractivity (Wildman–Crippen MR) is 92.5 cm³/mol. The highest BCUT2D eigenvalue weighted by Crippen LogP contribution is 2.34. The fourth-order valence-electron chi connectivity index (χ4n) is 2.19. The fraction of sp³-hybridized carbons (Fsp3) is 0.125. The van der Waals surface area contributed by atoms with E-state index in [4.69, 9.17) is 18.3 Å². The number of anilines is 1. The maximum absolute atomic E-state index is 11.9. The molecule has 4 rings (SSSR count). The van der Waals surface area contributed by atoms with Crippen LogP contribution in [-0.4, -0.2) is 34.7 Å². The van der Waals surface area contributed by atoms with Crippen molar-refractivity contribution in [1.82, 2.24) is 15.5 Å². The number of amides is 3. The molecule has 0 saturated carbocycles. The van der Waals surface area contributed by atoms with Gasteiger partial charge in [-0.05, 0) is 24.3 Å². The number of imide groups is 1. The van der Waals surface area contributed by atoms with Gasteiger partial charge in [0.05, 0.1) is 12.0 Å². The Balaban J connectivity index is 1.26. The molecule has 0 aliphatic carbocycles. The number of fused-ring (bicyclic) bond motifs is 1. The van der Waals surface area contributed by atoms with Crippen LogP contribution in [0, 0.1) is 0 Å². The Labute approximate surface area is 156 Å². The molecular formula is C16H12N4O6S. The second-order valence-electron chi connectivity index (χ2n) is 5.21. The lowest BCUT2D eigenvalue weighted by molar-refractivity contribution is -0.117. The number of benzene rings is 1. The fourth-order valence-corrected chi connectivity index (χ4v) is 2.76. The first-order valence-corrected chi connectivity index (χ1v) is 8.66. The van der Waals surface area contributed by atoms with Crippen LogP contribution in [0.4, 0.5) is 10.5 Å². The zero-order valence-corrected chi connectivity index (χ0v) is 14.4. The SMILES string of the molecule is O=C(CSc1nnc(-c2ccco2)o1)NC(=O)Nc1ccc2c(c1)OCO2. The molecule has 27 heavy (non-hydrogen) atoms. The van der Waals surface area contributed by atoms with E-state index in [-0.39, 0.29) is 23.7 Å². The quantitative estimate of drug-likeness (QED) is 0.633. The number of rotatable bonds is 5. The number of nitrogens with zero attached hydrogens (tertiary/aromatic N) is 2. The molecular weight excluding hydrogens is 376 g/mol. The first-order valence-electron chi connectivity index (χ1n) is 7.68. The molecule has 0 saturated heterocycles. The third kappa shape index (κ3) is 4.03. The summed E-state index contributed by atoms with van der Waals surface area (Å²) in [6, 6.07) is 7.62. The Bertz CT molecular complexity index is 971. The molecule has 1 aromatic carbocycles. The minimum Gasteiger partial charge on any atom is -0.459 e. The lowest BCUT2D eigenvalue weighted by Crippen LogP contribution is -2.35. The molecule has 3 heterocycles. The molecule has 1 aliphatic heterocycles. The van der Waals surface area contributed by atoms with Crippen molar-refractivity contribution >= 4 is 29.4 Å². The Morgan fingerprint density at radius 2 is 2.04 bits per heavy atom. The van der Waals surface area contributed by atoms with Crippen LogP contribution in [0.3, 0.4) is 0 Å². The van der Waals surface area contributed by atoms with Crippen molar-refractivity contribution in [3.63, 3.8) is 0 Å². The monoisotopic (exact) mass is 388 g/mol. The third-order valence-electron chi connectivity index (χ3n) is 3.35. The van der Waals surface area contributed by atoms with Crippen LogP contribution in [0.25, 0.3) is 11.7 Å². The molecule has 0 radical (unpaired) electrons. The van der Waals surface area contributed by atoms with Gasteiger partial charge in [-0.1, -0.05) is 11.8 Å². The molecule has 138 valence electrons. The van der Waals surface area contributed by atoms with Crippen molar-refractivity contribution in [3.05, 3.63) is 36.6 Å². The summed E-state index contributed by atoms with van der Waals surface area (Å²) in [5.41, 5.74) is 0.470. The molecule has 11 heteroatoms. The molecule has 2 N–H and O–H groups in total. The van der Waals surface area contributed by atoms with Crippen molar-refractivity contribution in [2.75, 3.05) is 17.9 Å². The number of ether oxygens (including phenoxy) is 2. The van der Waals surface area contributed by atoms with Gasteiger partial charge in [-0.3, -0.25) is 10.1 Å². The molecule has 0 atom stereocenters. The van der Waals surface area contributed by atoms with E-state index in [1.807, 2.05) is 0 Å². The molecule has 0 fully saturated rings. The Morgan fingerprint density at radius 1 is 1.15 bits per heavy atom. The highest BCUT2D eigenvalue weighted by molar-refractivity contribution is 7.99. The zero-order valence-electron chi connectivity index (χ0n) is 13.6. The first kappa shape index (κ1) is 17.0. The number of furan rings is 1. The number of urea groups is 1. The predicted octanol–water partition coefficient (Wildman–Crippen LogP) is 2.50. The van der Waals surface area contributed by atoms with Crippen LogP contribution < -0.4 is 20.1 Å². The van der Waals surface area contributed by atoms with Crippen LogP contribution in [0.1, 0.15) is 0 Å². The second-order valence-corrected chi connectivity index (χ2v) is 6.14. The van der Waals surface area contributed by atoms with Crippen LogP contribution >= 0.6 is 11.8 Å². The summed E-state index contributed by atoms with van der Waals surface area (Å²) in [6.07, 6.45) is 1.48. The smallest absolute Gasteiger partial charge is 0.325 e. The largest absolute Gasteiger partial charge is 0.459 e. The number of thioether (sulfide) groups is 1. The summed E-state index contributed by atoms with van der Waals surface area (Å²) in [6.45, 7) is 0.137. The average Bonchev–Trinajstić information content (AvgIpc) is 3.39. The molecule has 0 bridgehead atoms. The van der Waals surface area contributed by atoms with Crippen molar-refractivity contribution in [2.45, 2.75) is 5.22 Å². The molecule has 2 aromatic heterocycles. The highest BCUT2D eigenvalue weighted by Gasteiger charge is 2.16. The van der Waals surface area contributed by atoms with E-state index < -0.39 is 11.9 Å². The topological polar surface area (TPSA) is 129 Å². The summed E-state index contributed by atoms with van der Waals surface area (Å²) in [5, 5.41) is 12.6. The lowest BCUT2D eigenvalue weighted by atomic mass is 10.3. The van der Waals surface area contributed by atoms with Gasteiger partial charge in [0, 0.05) is 11.8 Å². The molecule has 10 nitrogen and oxygen atoms in total. The Kier molecular flexibility index (Phi) is 4.66. The number of hydrogen-bond acceptors (Lipinski definition) is 9. The van der Waals surface area contributed by atoms with Gasteiger partial charge in [0.1, 0.15) is 0 Å². The van der Waals surface area contributed by atoms with Gasteiger partial charge in [-0.15, -0.1) is 10.2 Å². The van der Waals surface area contributed by atoms with Crippen molar-refractivity contribution in [1.29, 1.82) is 0 Å². The lowest BCUT2D eigenvalue weighted by Gasteiger charge is -2.06. The summed E-state index contributed by atoms with van der Waals surface area (Å²) in [7, 11) is 0. The van der Waals surface area contributed by atoms with E-state index >= 15 is 0 Å². The highest BCUT2D eigenvalue weighted by atomic mass is 32.2. The first-order chi connectivity index (χ1) is 13.2. The van der Waals surface area contributed by atoms with E-state index in [9.17, 15) is 9.59 Å². The number of carbonyl (C=O) groups is 2. The van der Waals surface area contributed by atoms with E-state index in [1.165, 1.54) is 6.26 Å². The van der Waals surface area contributed by atoms with Crippen LogP contribution in [-0.2, 0) is 4.79 Å². The third-order valence-corrected chi connectivity index (χ3v) is 4.17. The van der Waals surface area contributed by atoms with Gasteiger partial charge in [0.25, 0.3) is 11.1 Å². The van der Waals surface area contributed by atoms with E-state index in [0.717, 1.165) is 11.8 Å². The number of aromatic nitrogens is 2. The maximum atomic E-state index is 11.9. The van der Waals surface area contributed by atoms with Crippen molar-refractivity contribution in [3.8, 4) is 23.1 Å². The van der Waals surface area contributed by atoms with E-state index in [1.54, 1.807) is 30.3 Å². The summed E-state index contributed by atoms with van der Waals surface area (Å²) in [5.74, 6) is 1.18. The normalized spacial score (nSPS) is 12.0. The molecule has 0 unspecified atom stereocenters. The average molecular weight is 388 g/mol. The maximum Gasteiger partial charge on any atom is 0.325 e. The van der Waals surface area contributed by atoms with E-state index in [2.05, 4.69) is 20.8 Å². The second kappa shape index (κ2) is 7.41. The standard InChI is InChI=1S/C16H12N4O6S/c21-13(7-27-16-20-19-14(26-16)11-2-1-5-23-11)18-15(22)17-9-3-4-10-12(6-9)25-8-24-10/h1-6H,7-8H2,(H2,17,18,21,22). The van der Waals surface area contributed by atoms with Crippen molar-refractivity contribution in [2.24, 2.45) is 0 Å². The van der Waals surface area contributed by atoms with Gasteiger partial charge in [0.15, 0.2) is 17.3 Å². The van der Waals surface area contributed by atoms with Gasteiger partial charge in [-0.25, -0.2) is 4.79 Å². The summed E-state index contributed by atoms with van der Waals surface area (Å²) < 4.78 is 20.9. The summed E-state index contributed by atoms with van der Waals surface area (Å²) >= 11 is 1.00. The number of carbonyl (C=O) groups excluding carboxylic acids is 2. The Hall–Kier alpha value is -3.47. The van der Waals surface area contributed by atoms with Crippen molar-refractivity contribution < 1.29 is 27.9 Å². The molecule has 3 amide bonds. The molecule has 3 aromatic rings. The minimum absolute atomic E-state index is 0.0751. The van der Waals surface area contributed by atoms with Crippen LogP contribution in [0.5, 0.6) is 11.5 Å². The zero-order chi connectivity index (χ0) is 18.6. The number of nitrogens with one attached hydrogen (secondary N) is 2. The molecule has 0 spiro atoms. The van der Waals surface area contributed by atoms with Gasteiger partial charge < -0.3 is 23.6 Å². The van der Waals surface area contributed by atoms with Gasteiger partial charge >= 0.3 is 6.03 Å². The number of hydrogen-bond donors (Lipinski definition) is 2. The van der Waals surface area contributed by atoms with Gasteiger partial charge in [-0.2, -0.15) is 0 Å². The van der Waals surface area contributed by atoms with Crippen LogP contribution in [0.2, 0.25) is 0 Å².